The van der Waals surface area contributed by atoms with Gasteiger partial charge in [-0.15, -0.1) is 0 Å². The minimum absolute atomic E-state index is 0.0864. The summed E-state index contributed by atoms with van der Waals surface area (Å²) in [4.78, 5) is 30.8. The summed E-state index contributed by atoms with van der Waals surface area (Å²) in [6, 6.07) is 18.6. The topological polar surface area (TPSA) is 70.5 Å². The van der Waals surface area contributed by atoms with Gasteiger partial charge in [0.05, 0.1) is 17.5 Å². The predicted octanol–water partition coefficient (Wildman–Crippen LogP) is 3.75. The Balaban J connectivity index is 1.52. The molecule has 28 heavy (non-hydrogen) atoms. The molecule has 1 fully saturated rings. The number of hydrogen-bond donors (Lipinski definition) is 1. The molecule has 0 bridgehead atoms. The van der Waals surface area contributed by atoms with E-state index >= 15 is 0 Å². The number of amides is 1. The van der Waals surface area contributed by atoms with E-state index in [0.717, 1.165) is 28.8 Å². The Hall–Kier alpha value is -3.47. The largest absolute Gasteiger partial charge is 0.478 e. The van der Waals surface area contributed by atoms with Gasteiger partial charge in [0.2, 0.25) is 5.91 Å². The van der Waals surface area contributed by atoms with Gasteiger partial charge in [0.25, 0.3) is 0 Å². The second-order valence-corrected chi connectivity index (χ2v) is 7.43. The van der Waals surface area contributed by atoms with Crippen LogP contribution in [0.25, 0.3) is 0 Å². The van der Waals surface area contributed by atoms with E-state index in [1.807, 2.05) is 48.7 Å². The second kappa shape index (κ2) is 6.02. The van der Waals surface area contributed by atoms with Crippen molar-refractivity contribution in [1.82, 2.24) is 4.98 Å². The van der Waals surface area contributed by atoms with Crippen LogP contribution >= 0.6 is 0 Å². The number of benzene rings is 2. The molecule has 5 rings (SSSR count). The summed E-state index contributed by atoms with van der Waals surface area (Å²) >= 11 is 0. The van der Waals surface area contributed by atoms with Crippen LogP contribution in [0.3, 0.4) is 0 Å². The number of nitrogens with zero attached hydrogens (tertiary/aromatic N) is 2. The van der Waals surface area contributed by atoms with Crippen LogP contribution in [0.1, 0.15) is 39.4 Å². The van der Waals surface area contributed by atoms with E-state index in [1.165, 1.54) is 0 Å². The number of rotatable bonds is 4. The molecule has 1 N–H and O–H groups in total. The molecule has 2 heterocycles. The van der Waals surface area contributed by atoms with E-state index in [4.69, 9.17) is 0 Å². The molecule has 1 spiro atoms. The molecule has 3 aromatic rings. The quantitative estimate of drug-likeness (QED) is 0.759. The van der Waals surface area contributed by atoms with Crippen molar-refractivity contribution in [2.45, 2.75) is 24.3 Å². The Morgan fingerprint density at radius 1 is 1.14 bits per heavy atom. The number of carboxylic acid groups (broad SMARTS) is 1. The molecule has 1 aliphatic carbocycles. The van der Waals surface area contributed by atoms with E-state index in [1.54, 1.807) is 29.3 Å². The fraction of sp³-hybridized carbons (Fsp3) is 0.174. The van der Waals surface area contributed by atoms with Crippen LogP contribution in [-0.2, 0) is 16.8 Å². The lowest BCUT2D eigenvalue weighted by molar-refractivity contribution is -0.120. The van der Waals surface area contributed by atoms with Gasteiger partial charge < -0.3 is 10.0 Å². The first-order valence-corrected chi connectivity index (χ1v) is 9.25. The molecule has 138 valence electrons. The summed E-state index contributed by atoms with van der Waals surface area (Å²) in [6.07, 6.45) is 4.36. The number of hydrogen-bond acceptors (Lipinski definition) is 3. The first-order valence-electron chi connectivity index (χ1n) is 9.25. The van der Waals surface area contributed by atoms with E-state index in [9.17, 15) is 14.7 Å². The number of para-hydroxylation sites is 1. The van der Waals surface area contributed by atoms with Crippen molar-refractivity contribution >= 4 is 17.6 Å². The maximum Gasteiger partial charge on any atom is 0.335 e. The molecule has 0 radical (unpaired) electrons. The van der Waals surface area contributed by atoms with E-state index in [0.29, 0.717) is 6.54 Å². The Labute approximate surface area is 162 Å². The average molecular weight is 370 g/mol. The number of pyridine rings is 1. The number of carboxylic acids is 1. The summed E-state index contributed by atoms with van der Waals surface area (Å²) in [5.41, 5.74) is 3.57. The normalized spacial score (nSPS) is 22.4. The lowest BCUT2D eigenvalue weighted by Gasteiger charge is -2.18. The third-order valence-corrected chi connectivity index (χ3v) is 5.86. The number of carbonyl (C=O) groups excluding carboxylic acids is 1. The van der Waals surface area contributed by atoms with Crippen molar-refractivity contribution in [2.75, 3.05) is 4.90 Å². The molecule has 0 saturated heterocycles. The lowest BCUT2D eigenvalue weighted by Crippen LogP contribution is -2.32. The molecule has 1 aliphatic heterocycles. The third-order valence-electron chi connectivity index (χ3n) is 5.86. The average Bonchev–Trinajstić information content (AvgIpc) is 3.44. The molecular weight excluding hydrogens is 352 g/mol. The van der Waals surface area contributed by atoms with Crippen LogP contribution < -0.4 is 4.90 Å². The zero-order valence-corrected chi connectivity index (χ0v) is 15.1. The molecule has 5 heteroatoms. The van der Waals surface area contributed by atoms with Crippen LogP contribution in [-0.4, -0.2) is 22.0 Å². The molecule has 1 aromatic heterocycles. The van der Waals surface area contributed by atoms with Crippen molar-refractivity contribution in [1.29, 1.82) is 0 Å². The van der Waals surface area contributed by atoms with Crippen molar-refractivity contribution in [3.63, 3.8) is 0 Å². The number of anilines is 1. The van der Waals surface area contributed by atoms with Crippen LogP contribution in [0.2, 0.25) is 0 Å². The summed E-state index contributed by atoms with van der Waals surface area (Å²) in [6.45, 7) is 0.360. The fourth-order valence-electron chi connectivity index (χ4n) is 4.48. The minimum Gasteiger partial charge on any atom is -0.478 e. The zero-order valence-electron chi connectivity index (χ0n) is 15.1. The van der Waals surface area contributed by atoms with Gasteiger partial charge in [0.1, 0.15) is 0 Å². The summed E-state index contributed by atoms with van der Waals surface area (Å²) in [5, 5.41) is 9.25. The SMILES string of the molecule is O=C(O)c1cccc(CN2C(=O)C3(CC3c3cccnc3)c3ccccc32)c1. The highest BCUT2D eigenvalue weighted by molar-refractivity contribution is 6.11. The highest BCUT2D eigenvalue weighted by atomic mass is 16.4. The van der Waals surface area contributed by atoms with Crippen LogP contribution in [0.4, 0.5) is 5.69 Å². The molecule has 2 aliphatic rings. The smallest absolute Gasteiger partial charge is 0.335 e. The van der Waals surface area contributed by atoms with Gasteiger partial charge in [0.15, 0.2) is 0 Å². The van der Waals surface area contributed by atoms with Crippen LogP contribution in [0, 0.1) is 0 Å². The molecule has 2 atom stereocenters. The van der Waals surface area contributed by atoms with Gasteiger partial charge in [-0.05, 0) is 47.4 Å². The highest BCUT2D eigenvalue weighted by Gasteiger charge is 2.67. The second-order valence-electron chi connectivity index (χ2n) is 7.43. The Bertz CT molecular complexity index is 1100. The number of fused-ring (bicyclic) bond motifs is 2. The van der Waals surface area contributed by atoms with Crippen LogP contribution in [0.5, 0.6) is 0 Å². The first-order chi connectivity index (χ1) is 13.6. The molecule has 5 nitrogen and oxygen atoms in total. The van der Waals surface area contributed by atoms with Gasteiger partial charge in [-0.1, -0.05) is 36.4 Å². The Kier molecular flexibility index (Phi) is 3.59. The molecule has 2 unspecified atom stereocenters. The first kappa shape index (κ1) is 16.7. The number of aromatic nitrogens is 1. The maximum atomic E-state index is 13.5. The molecule has 2 aromatic carbocycles. The Morgan fingerprint density at radius 3 is 2.79 bits per heavy atom. The minimum atomic E-state index is -0.967. The van der Waals surface area contributed by atoms with Gasteiger partial charge in [0, 0.05) is 24.0 Å². The summed E-state index contributed by atoms with van der Waals surface area (Å²) in [7, 11) is 0. The predicted molar refractivity (Wildman–Crippen MR) is 104 cm³/mol. The Morgan fingerprint density at radius 2 is 2.00 bits per heavy atom. The third kappa shape index (κ3) is 2.36. The summed E-state index contributed by atoms with van der Waals surface area (Å²) in [5.74, 6) is -0.751. The molecule has 1 saturated carbocycles. The molecule has 1 amide bonds. The summed E-state index contributed by atoms with van der Waals surface area (Å²) < 4.78 is 0. The van der Waals surface area contributed by atoms with Gasteiger partial charge in [-0.2, -0.15) is 0 Å². The van der Waals surface area contributed by atoms with Crippen molar-refractivity contribution < 1.29 is 14.7 Å². The monoisotopic (exact) mass is 370 g/mol. The van der Waals surface area contributed by atoms with Crippen LogP contribution in [0.15, 0.2) is 73.1 Å². The lowest BCUT2D eigenvalue weighted by atomic mass is 9.92. The van der Waals surface area contributed by atoms with Crippen molar-refractivity contribution in [3.8, 4) is 0 Å². The van der Waals surface area contributed by atoms with Gasteiger partial charge >= 0.3 is 5.97 Å². The highest BCUT2D eigenvalue weighted by Crippen LogP contribution is 2.66. The standard InChI is InChI=1S/C23H18N2O3/c26-21(27)16-6-3-5-15(11-16)14-25-20-9-2-1-8-18(20)23(22(25)28)12-19(23)17-7-4-10-24-13-17/h1-11,13,19H,12,14H2,(H,26,27). The van der Waals surface area contributed by atoms with E-state index in [2.05, 4.69) is 4.98 Å². The number of carbonyl (C=O) groups is 2. The zero-order chi connectivity index (χ0) is 19.3. The number of aromatic carboxylic acids is 1. The fourth-order valence-corrected chi connectivity index (χ4v) is 4.48. The van der Waals surface area contributed by atoms with E-state index < -0.39 is 11.4 Å². The molecular formula is C23H18N2O3. The van der Waals surface area contributed by atoms with Gasteiger partial charge in [-0.3, -0.25) is 9.78 Å². The maximum absolute atomic E-state index is 13.5. The van der Waals surface area contributed by atoms with E-state index in [-0.39, 0.29) is 17.4 Å². The van der Waals surface area contributed by atoms with Crippen molar-refractivity contribution in [3.05, 3.63) is 95.3 Å². The van der Waals surface area contributed by atoms with Crippen molar-refractivity contribution in [2.24, 2.45) is 0 Å². The van der Waals surface area contributed by atoms with Gasteiger partial charge in [-0.25, -0.2) is 4.79 Å².